The average molecular weight is 447 g/mol. The molecule has 3 rings (SSSR count). The maximum Gasteiger partial charge on any atom is 0.153 e. The molecule has 1 heterocycles. The number of hydrogen-bond acceptors (Lipinski definition) is 2. The lowest BCUT2D eigenvalue weighted by Gasteiger charge is -2.37. The summed E-state index contributed by atoms with van der Waals surface area (Å²) < 4.78 is 15.2. The molecule has 0 spiro atoms. The molecular formula is C29H35FN2O. The monoisotopic (exact) mass is 446 g/mol. The third kappa shape index (κ3) is 5.11. The summed E-state index contributed by atoms with van der Waals surface area (Å²) in [5.74, 6) is 1.61. The average Bonchev–Trinajstić information content (AvgIpc) is 3.28. The fourth-order valence-corrected chi connectivity index (χ4v) is 4.67. The molecule has 0 aliphatic heterocycles. The molecule has 0 amide bonds. The van der Waals surface area contributed by atoms with Crippen molar-refractivity contribution in [3.63, 3.8) is 0 Å². The molecule has 0 aliphatic rings. The molecule has 0 saturated carbocycles. The Morgan fingerprint density at radius 1 is 1.12 bits per heavy atom. The fraction of sp³-hybridized carbons (Fsp3) is 0.345. The number of hydrogen-bond donors (Lipinski definition) is 0. The van der Waals surface area contributed by atoms with Gasteiger partial charge in [-0.1, -0.05) is 81.4 Å². The minimum atomic E-state index is -0.0540. The molecule has 3 aromatic rings. The second-order valence-electron chi connectivity index (χ2n) is 9.08. The van der Waals surface area contributed by atoms with Crippen LogP contribution in [0.2, 0.25) is 0 Å². The van der Waals surface area contributed by atoms with E-state index in [1.54, 1.807) is 6.92 Å². The molecule has 2 aromatic carbocycles. The van der Waals surface area contributed by atoms with Gasteiger partial charge in [0.05, 0.1) is 0 Å². The number of allylic oxidation sites excluding steroid dienone is 4. The van der Waals surface area contributed by atoms with Gasteiger partial charge in [-0.2, -0.15) is 0 Å². The van der Waals surface area contributed by atoms with E-state index in [-0.39, 0.29) is 11.2 Å². The van der Waals surface area contributed by atoms with Crippen molar-refractivity contribution in [1.82, 2.24) is 9.55 Å². The Morgan fingerprint density at radius 3 is 2.39 bits per heavy atom. The Kier molecular flexibility index (Phi) is 7.91. The smallest absolute Gasteiger partial charge is 0.153 e. The zero-order chi connectivity index (χ0) is 24.0. The van der Waals surface area contributed by atoms with Crippen molar-refractivity contribution in [2.75, 3.05) is 0 Å². The van der Waals surface area contributed by atoms with Gasteiger partial charge in [-0.3, -0.25) is 4.94 Å². The molecule has 0 aliphatic carbocycles. The molecule has 0 saturated heterocycles. The molecule has 0 N–H and O–H groups in total. The summed E-state index contributed by atoms with van der Waals surface area (Å²) in [6, 6.07) is 18.4. The van der Waals surface area contributed by atoms with E-state index in [1.165, 1.54) is 11.1 Å². The molecule has 33 heavy (non-hydrogen) atoms. The third-order valence-corrected chi connectivity index (χ3v) is 7.13. The first kappa shape index (κ1) is 24.5. The molecule has 174 valence electrons. The van der Waals surface area contributed by atoms with E-state index >= 15 is 0 Å². The lowest BCUT2D eigenvalue weighted by atomic mass is 9.68. The standard InChI is InChI=1S/C29H35FN2O/c1-7-29(5,26-16-12-11-15-25(26)28-31-19-20-32(28)6)22(3)18-17-21(2)27(23(4)33-30)24-13-9-8-10-14-24/h8-17,19-20,22H,7,18H2,1-6H3/b21-17-,27-23+/t22-,29?/m0/s1. The Labute approximate surface area is 197 Å². The Morgan fingerprint density at radius 2 is 1.79 bits per heavy atom. The van der Waals surface area contributed by atoms with Crippen molar-refractivity contribution in [2.24, 2.45) is 13.0 Å². The highest BCUT2D eigenvalue weighted by atomic mass is 19.3. The Bertz CT molecular complexity index is 1130. The SMILES string of the molecule is CCC(C)(c1ccccc1-c1nccn1C)[C@@H](C)C/C=C(C)\C(=C(\C)OF)c1ccccc1. The van der Waals surface area contributed by atoms with Gasteiger partial charge in [0, 0.05) is 35.1 Å². The van der Waals surface area contributed by atoms with Crippen LogP contribution >= 0.6 is 0 Å². The molecule has 2 atom stereocenters. The molecule has 0 radical (unpaired) electrons. The molecule has 1 unspecified atom stereocenters. The van der Waals surface area contributed by atoms with Gasteiger partial charge in [0.2, 0.25) is 0 Å². The summed E-state index contributed by atoms with van der Waals surface area (Å²) in [5, 5.41) is 0. The van der Waals surface area contributed by atoms with E-state index in [4.69, 9.17) is 0 Å². The Hall–Kier alpha value is -3.14. The number of nitrogens with zero attached hydrogens (tertiary/aromatic N) is 2. The fourth-order valence-electron chi connectivity index (χ4n) is 4.67. The van der Waals surface area contributed by atoms with Crippen molar-refractivity contribution in [3.05, 3.63) is 95.5 Å². The largest absolute Gasteiger partial charge is 0.334 e. The number of aromatic nitrogens is 2. The van der Waals surface area contributed by atoms with Crippen molar-refractivity contribution in [3.8, 4) is 11.4 Å². The lowest BCUT2D eigenvalue weighted by molar-refractivity contribution is -0.0809. The number of imidazole rings is 1. The minimum absolute atomic E-state index is 0.0540. The van der Waals surface area contributed by atoms with Crippen LogP contribution in [0.25, 0.3) is 17.0 Å². The van der Waals surface area contributed by atoms with Crippen LogP contribution in [-0.2, 0) is 17.4 Å². The molecule has 3 nitrogen and oxygen atoms in total. The molecule has 0 fully saturated rings. The summed E-state index contributed by atoms with van der Waals surface area (Å²) in [4.78, 5) is 8.76. The van der Waals surface area contributed by atoms with E-state index < -0.39 is 0 Å². The van der Waals surface area contributed by atoms with Crippen LogP contribution in [0.15, 0.2) is 84.4 Å². The number of halogens is 1. The van der Waals surface area contributed by atoms with Gasteiger partial charge in [-0.15, -0.1) is 0 Å². The zero-order valence-electron chi connectivity index (χ0n) is 20.6. The van der Waals surface area contributed by atoms with Gasteiger partial charge >= 0.3 is 0 Å². The quantitative estimate of drug-likeness (QED) is 0.245. The van der Waals surface area contributed by atoms with Crippen LogP contribution in [0, 0.1) is 5.92 Å². The molecule has 1 aromatic heterocycles. The highest BCUT2D eigenvalue weighted by molar-refractivity contribution is 5.79. The summed E-state index contributed by atoms with van der Waals surface area (Å²) in [7, 11) is 2.03. The van der Waals surface area contributed by atoms with Crippen molar-refractivity contribution < 1.29 is 9.47 Å². The van der Waals surface area contributed by atoms with Crippen LogP contribution in [0.3, 0.4) is 0 Å². The van der Waals surface area contributed by atoms with E-state index in [0.29, 0.717) is 5.92 Å². The maximum atomic E-state index is 13.2. The van der Waals surface area contributed by atoms with Crippen LogP contribution in [0.1, 0.15) is 58.6 Å². The first-order valence-electron chi connectivity index (χ1n) is 11.6. The van der Waals surface area contributed by atoms with Gasteiger partial charge < -0.3 is 4.57 Å². The van der Waals surface area contributed by atoms with E-state index in [9.17, 15) is 4.53 Å². The van der Waals surface area contributed by atoms with Crippen molar-refractivity contribution in [2.45, 2.75) is 52.9 Å². The number of rotatable bonds is 9. The molecule has 4 heteroatoms. The predicted molar refractivity (Wildman–Crippen MR) is 135 cm³/mol. The lowest BCUT2D eigenvalue weighted by Crippen LogP contribution is -2.30. The van der Waals surface area contributed by atoms with Crippen molar-refractivity contribution >= 4 is 5.57 Å². The highest BCUT2D eigenvalue weighted by Crippen LogP contribution is 2.42. The second-order valence-corrected chi connectivity index (χ2v) is 9.08. The first-order valence-corrected chi connectivity index (χ1v) is 11.6. The minimum Gasteiger partial charge on any atom is -0.334 e. The van der Waals surface area contributed by atoms with Gasteiger partial charge in [0.25, 0.3) is 0 Å². The normalized spacial score (nSPS) is 15.5. The third-order valence-electron chi connectivity index (χ3n) is 7.13. The van der Waals surface area contributed by atoms with Crippen LogP contribution in [0.5, 0.6) is 0 Å². The van der Waals surface area contributed by atoms with Gasteiger partial charge in [-0.05, 0) is 54.7 Å². The summed E-state index contributed by atoms with van der Waals surface area (Å²) in [6.45, 7) is 10.6. The number of benzene rings is 2. The highest BCUT2D eigenvalue weighted by Gasteiger charge is 2.33. The van der Waals surface area contributed by atoms with Crippen LogP contribution in [-0.4, -0.2) is 9.55 Å². The number of aryl methyl sites for hydroxylation is 1. The summed E-state index contributed by atoms with van der Waals surface area (Å²) >= 11 is 0. The first-order chi connectivity index (χ1) is 15.8. The van der Waals surface area contributed by atoms with E-state index in [2.05, 4.69) is 65.6 Å². The molecular weight excluding hydrogens is 411 g/mol. The van der Waals surface area contributed by atoms with Gasteiger partial charge in [0.1, 0.15) is 5.82 Å². The summed E-state index contributed by atoms with van der Waals surface area (Å²) in [5.41, 5.74) is 5.20. The zero-order valence-corrected chi connectivity index (χ0v) is 20.6. The van der Waals surface area contributed by atoms with E-state index in [1.807, 2.05) is 56.7 Å². The van der Waals surface area contributed by atoms with Crippen LogP contribution < -0.4 is 0 Å². The maximum absolute atomic E-state index is 13.2. The van der Waals surface area contributed by atoms with Crippen LogP contribution in [0.4, 0.5) is 4.53 Å². The second kappa shape index (κ2) is 10.7. The predicted octanol–water partition coefficient (Wildman–Crippen LogP) is 8.06. The summed E-state index contributed by atoms with van der Waals surface area (Å²) in [6.07, 6.45) is 7.90. The van der Waals surface area contributed by atoms with Gasteiger partial charge in [-0.25, -0.2) is 4.98 Å². The topological polar surface area (TPSA) is 27.1 Å². The molecule has 0 bridgehead atoms. The van der Waals surface area contributed by atoms with Gasteiger partial charge in [0.15, 0.2) is 5.76 Å². The van der Waals surface area contributed by atoms with E-state index in [0.717, 1.165) is 35.4 Å². The Balaban J connectivity index is 1.95. The van der Waals surface area contributed by atoms with Crippen molar-refractivity contribution in [1.29, 1.82) is 0 Å².